The highest BCUT2D eigenvalue weighted by Gasteiger charge is 2.29. The van der Waals surface area contributed by atoms with Crippen LogP contribution in [0.15, 0.2) is 65.1 Å². The van der Waals surface area contributed by atoms with Crippen molar-refractivity contribution in [3.8, 4) is 11.3 Å². The first-order valence-corrected chi connectivity index (χ1v) is 14.4. The molecule has 1 amide bonds. The molecule has 37 heavy (non-hydrogen) atoms. The van der Waals surface area contributed by atoms with Gasteiger partial charge in [-0.25, -0.2) is 0 Å². The van der Waals surface area contributed by atoms with Crippen LogP contribution in [-0.4, -0.2) is 41.7 Å². The third-order valence-corrected chi connectivity index (χ3v) is 7.64. The SMILES string of the molecule is CSCc1oc(-c2ccccc2)cc1C(Nc1ccc(C(=O)N(C)CCC(=O)O)cc1)C1CCCCC1. The number of aliphatic carboxylic acids is 1. The van der Waals surface area contributed by atoms with Crippen LogP contribution in [0.5, 0.6) is 0 Å². The van der Waals surface area contributed by atoms with Gasteiger partial charge in [0.05, 0.1) is 18.2 Å². The summed E-state index contributed by atoms with van der Waals surface area (Å²) in [5, 5.41) is 12.7. The number of carboxylic acids is 1. The Hall–Kier alpha value is -3.19. The van der Waals surface area contributed by atoms with Crippen LogP contribution in [0.1, 0.15) is 66.2 Å². The highest BCUT2D eigenvalue weighted by atomic mass is 32.2. The Labute approximate surface area is 223 Å². The molecule has 1 heterocycles. The largest absolute Gasteiger partial charge is 0.481 e. The minimum absolute atomic E-state index is 0.0704. The molecule has 1 aliphatic carbocycles. The van der Waals surface area contributed by atoms with Gasteiger partial charge < -0.3 is 19.7 Å². The van der Waals surface area contributed by atoms with E-state index in [1.807, 2.05) is 42.5 Å². The molecule has 3 aromatic rings. The fourth-order valence-corrected chi connectivity index (χ4v) is 5.57. The maximum absolute atomic E-state index is 12.7. The Morgan fingerprint density at radius 3 is 2.43 bits per heavy atom. The average Bonchev–Trinajstić information content (AvgIpc) is 3.35. The molecule has 1 fully saturated rings. The molecule has 1 aromatic heterocycles. The first kappa shape index (κ1) is 26.9. The van der Waals surface area contributed by atoms with Crippen LogP contribution in [0.25, 0.3) is 11.3 Å². The number of thioether (sulfide) groups is 1. The fourth-order valence-electron chi connectivity index (χ4n) is 5.09. The summed E-state index contributed by atoms with van der Waals surface area (Å²) >= 11 is 1.76. The van der Waals surface area contributed by atoms with Gasteiger partial charge in [0.2, 0.25) is 0 Å². The summed E-state index contributed by atoms with van der Waals surface area (Å²) in [7, 11) is 1.63. The molecule has 0 aliphatic heterocycles. The number of anilines is 1. The monoisotopic (exact) mass is 520 g/mol. The van der Waals surface area contributed by atoms with Gasteiger partial charge >= 0.3 is 5.97 Å². The number of carboxylic acid groups (broad SMARTS) is 1. The summed E-state index contributed by atoms with van der Waals surface area (Å²) in [6, 6.07) is 20.1. The van der Waals surface area contributed by atoms with E-state index in [2.05, 4.69) is 29.8 Å². The molecular formula is C30H36N2O4S. The zero-order chi connectivity index (χ0) is 26.2. The van der Waals surface area contributed by atoms with E-state index in [0.29, 0.717) is 11.5 Å². The summed E-state index contributed by atoms with van der Waals surface area (Å²) in [5.74, 6) is 2.13. The number of hydrogen-bond donors (Lipinski definition) is 2. The number of benzene rings is 2. The second-order valence-corrected chi connectivity index (χ2v) is 10.6. The molecule has 0 saturated heterocycles. The molecule has 1 aliphatic rings. The van der Waals surface area contributed by atoms with Gasteiger partial charge in [-0.05, 0) is 55.3 Å². The topological polar surface area (TPSA) is 82.8 Å². The van der Waals surface area contributed by atoms with Crippen molar-refractivity contribution in [2.75, 3.05) is 25.2 Å². The maximum Gasteiger partial charge on any atom is 0.305 e. The Kier molecular flexibility index (Phi) is 9.34. The van der Waals surface area contributed by atoms with Crippen molar-refractivity contribution >= 4 is 29.3 Å². The number of hydrogen-bond acceptors (Lipinski definition) is 5. The quantitative estimate of drug-likeness (QED) is 0.281. The lowest BCUT2D eigenvalue weighted by molar-refractivity contribution is -0.137. The number of carbonyl (C=O) groups excluding carboxylic acids is 1. The summed E-state index contributed by atoms with van der Waals surface area (Å²) in [4.78, 5) is 25.0. The van der Waals surface area contributed by atoms with Crippen LogP contribution in [0.2, 0.25) is 0 Å². The van der Waals surface area contributed by atoms with Crippen LogP contribution >= 0.6 is 11.8 Å². The number of nitrogens with zero attached hydrogens (tertiary/aromatic N) is 1. The number of rotatable bonds is 11. The normalized spacial score (nSPS) is 14.8. The molecule has 196 valence electrons. The van der Waals surface area contributed by atoms with E-state index in [9.17, 15) is 9.59 Å². The lowest BCUT2D eigenvalue weighted by atomic mass is 9.81. The van der Waals surface area contributed by atoms with E-state index in [4.69, 9.17) is 9.52 Å². The molecule has 0 radical (unpaired) electrons. The molecular weight excluding hydrogens is 484 g/mol. The summed E-state index contributed by atoms with van der Waals surface area (Å²) < 4.78 is 6.41. The predicted molar refractivity (Wildman–Crippen MR) is 150 cm³/mol. The molecule has 1 atom stereocenters. The summed E-state index contributed by atoms with van der Waals surface area (Å²) in [6.07, 6.45) is 8.13. The number of amides is 1. The molecule has 2 N–H and O–H groups in total. The van der Waals surface area contributed by atoms with Crippen LogP contribution in [0, 0.1) is 5.92 Å². The van der Waals surface area contributed by atoms with E-state index >= 15 is 0 Å². The van der Waals surface area contributed by atoms with Crippen molar-refractivity contribution < 1.29 is 19.1 Å². The molecule has 0 spiro atoms. The Morgan fingerprint density at radius 2 is 1.78 bits per heavy atom. The highest BCUT2D eigenvalue weighted by molar-refractivity contribution is 7.97. The third-order valence-electron chi connectivity index (χ3n) is 7.09. The fraction of sp³-hybridized carbons (Fsp3) is 0.400. The van der Waals surface area contributed by atoms with Gasteiger partial charge in [-0.3, -0.25) is 9.59 Å². The standard InChI is InChI=1S/C30H36N2O4S/c1-32(18-17-28(33)34)30(35)23-13-15-24(16-14-23)31-29(22-11-7-4-8-12-22)25-19-26(36-27(25)20-37-2)21-9-5-3-6-10-21/h3,5-6,9-10,13-16,19,22,29,31H,4,7-8,11-12,17-18,20H2,1-2H3,(H,33,34). The molecule has 0 bridgehead atoms. The zero-order valence-electron chi connectivity index (χ0n) is 21.6. The van der Waals surface area contributed by atoms with Crippen LogP contribution in [-0.2, 0) is 10.5 Å². The Balaban J connectivity index is 1.59. The van der Waals surface area contributed by atoms with Crippen LogP contribution < -0.4 is 5.32 Å². The lowest BCUT2D eigenvalue weighted by Crippen LogP contribution is -2.29. The Morgan fingerprint density at radius 1 is 1.08 bits per heavy atom. The lowest BCUT2D eigenvalue weighted by Gasteiger charge is -2.32. The highest BCUT2D eigenvalue weighted by Crippen LogP contribution is 2.41. The Bertz CT molecular complexity index is 1170. The molecule has 7 heteroatoms. The van der Waals surface area contributed by atoms with E-state index in [0.717, 1.165) is 28.5 Å². The third kappa shape index (κ3) is 6.98. The van der Waals surface area contributed by atoms with Gasteiger partial charge in [0, 0.05) is 36.0 Å². The maximum atomic E-state index is 12.7. The zero-order valence-corrected chi connectivity index (χ0v) is 22.4. The first-order chi connectivity index (χ1) is 18.0. The van der Waals surface area contributed by atoms with Crippen molar-refractivity contribution in [1.29, 1.82) is 0 Å². The molecule has 1 saturated carbocycles. The number of nitrogens with one attached hydrogen (secondary N) is 1. The minimum Gasteiger partial charge on any atom is -0.481 e. The molecule has 2 aromatic carbocycles. The van der Waals surface area contributed by atoms with Crippen molar-refractivity contribution in [2.45, 2.75) is 50.3 Å². The van der Waals surface area contributed by atoms with Crippen molar-refractivity contribution in [3.05, 3.63) is 77.6 Å². The van der Waals surface area contributed by atoms with Gasteiger partial charge in [0.25, 0.3) is 5.91 Å². The number of furan rings is 1. The van der Waals surface area contributed by atoms with Crippen molar-refractivity contribution in [2.24, 2.45) is 5.92 Å². The van der Waals surface area contributed by atoms with Crippen LogP contribution in [0.3, 0.4) is 0 Å². The first-order valence-electron chi connectivity index (χ1n) is 13.0. The van der Waals surface area contributed by atoms with E-state index in [-0.39, 0.29) is 24.9 Å². The van der Waals surface area contributed by atoms with E-state index in [1.165, 1.54) is 42.6 Å². The van der Waals surface area contributed by atoms with Gasteiger partial charge in [0.1, 0.15) is 11.5 Å². The average molecular weight is 521 g/mol. The molecule has 4 rings (SSSR count). The van der Waals surface area contributed by atoms with Crippen molar-refractivity contribution in [3.63, 3.8) is 0 Å². The van der Waals surface area contributed by atoms with Crippen molar-refractivity contribution in [1.82, 2.24) is 4.90 Å². The smallest absolute Gasteiger partial charge is 0.305 e. The second kappa shape index (κ2) is 12.9. The van der Waals surface area contributed by atoms with Gasteiger partial charge in [-0.15, -0.1) is 0 Å². The van der Waals surface area contributed by atoms with Crippen LogP contribution in [0.4, 0.5) is 5.69 Å². The predicted octanol–water partition coefficient (Wildman–Crippen LogP) is 7.09. The molecule has 1 unspecified atom stereocenters. The second-order valence-electron chi connectivity index (χ2n) is 9.76. The molecule has 6 nitrogen and oxygen atoms in total. The summed E-state index contributed by atoms with van der Waals surface area (Å²) in [5.41, 5.74) is 3.80. The van der Waals surface area contributed by atoms with Gasteiger partial charge in [0.15, 0.2) is 0 Å². The van der Waals surface area contributed by atoms with Gasteiger partial charge in [-0.1, -0.05) is 49.6 Å². The van der Waals surface area contributed by atoms with E-state index in [1.54, 1.807) is 18.8 Å². The van der Waals surface area contributed by atoms with E-state index < -0.39 is 5.97 Å². The summed E-state index contributed by atoms with van der Waals surface area (Å²) in [6.45, 7) is 0.181. The van der Waals surface area contributed by atoms with Gasteiger partial charge in [-0.2, -0.15) is 11.8 Å². The minimum atomic E-state index is -0.913. The number of carbonyl (C=O) groups is 2.